The predicted molar refractivity (Wildman–Crippen MR) is 259 cm³/mol. The predicted octanol–water partition coefficient (Wildman–Crippen LogP) is 10.4. The second kappa shape index (κ2) is 22.9. The second-order valence-electron chi connectivity index (χ2n) is 15.9. The molecule has 0 radical (unpaired) electrons. The highest BCUT2D eigenvalue weighted by molar-refractivity contribution is 5.53. The average molecular weight is 889 g/mol. The van der Waals surface area contributed by atoms with Crippen molar-refractivity contribution in [2.24, 2.45) is 0 Å². The van der Waals surface area contributed by atoms with Crippen molar-refractivity contribution in [2.75, 3.05) is 55.9 Å². The Morgan fingerprint density at radius 2 is 0.606 bits per heavy atom. The first-order valence-corrected chi connectivity index (χ1v) is 22.0. The summed E-state index contributed by atoms with van der Waals surface area (Å²) in [7, 11) is 9.80. The minimum atomic E-state index is -0.439. The van der Waals surface area contributed by atoms with Crippen LogP contribution in [-0.4, -0.2) is 75.9 Å². The van der Waals surface area contributed by atoms with E-state index in [1.807, 2.05) is 97.1 Å². The Morgan fingerprint density at radius 1 is 0.348 bits per heavy atom. The molecule has 0 fully saturated rings. The van der Waals surface area contributed by atoms with Crippen LogP contribution in [0.3, 0.4) is 0 Å². The van der Waals surface area contributed by atoms with Gasteiger partial charge >= 0.3 is 0 Å². The summed E-state index contributed by atoms with van der Waals surface area (Å²) in [6.45, 7) is 0.382. The maximum absolute atomic E-state index is 11.4. The van der Waals surface area contributed by atoms with Crippen molar-refractivity contribution in [3.05, 3.63) is 214 Å². The molecule has 0 saturated carbocycles. The Kier molecular flexibility index (Phi) is 16.3. The van der Waals surface area contributed by atoms with E-state index < -0.39 is 12.1 Å². The van der Waals surface area contributed by atoms with E-state index in [4.69, 9.17) is 28.4 Å². The van der Waals surface area contributed by atoms with Gasteiger partial charge in [0.15, 0.2) is 0 Å². The Balaban J connectivity index is 1.42. The van der Waals surface area contributed by atoms with Crippen molar-refractivity contribution in [1.82, 2.24) is 9.80 Å². The Bertz CT molecular complexity index is 2330. The Labute approximate surface area is 389 Å². The minimum absolute atomic E-state index is 0.155. The molecule has 0 aliphatic heterocycles. The molecule has 66 heavy (non-hydrogen) atoms. The van der Waals surface area contributed by atoms with Crippen LogP contribution in [0.2, 0.25) is 0 Å². The smallest absolute Gasteiger partial charge is 0.130 e. The molecule has 0 heterocycles. The van der Waals surface area contributed by atoms with Gasteiger partial charge in [0.2, 0.25) is 0 Å². The van der Waals surface area contributed by atoms with Crippen LogP contribution >= 0.6 is 0 Å². The van der Waals surface area contributed by atoms with Gasteiger partial charge in [-0.2, -0.15) is 0 Å². The molecule has 0 unspecified atom stereocenters. The highest BCUT2D eigenvalue weighted by Crippen LogP contribution is 2.45. The van der Waals surface area contributed by atoms with Crippen molar-refractivity contribution in [3.63, 3.8) is 0 Å². The number of methoxy groups -OCH3 is 6. The lowest BCUT2D eigenvalue weighted by molar-refractivity contribution is 0.0862. The lowest BCUT2D eigenvalue weighted by atomic mass is 9.89. The second-order valence-corrected chi connectivity index (χ2v) is 15.9. The van der Waals surface area contributed by atoms with Crippen LogP contribution in [0.15, 0.2) is 170 Å². The van der Waals surface area contributed by atoms with Gasteiger partial charge in [0, 0.05) is 37.4 Å². The summed E-state index contributed by atoms with van der Waals surface area (Å²) in [6, 6.07) is 55.5. The van der Waals surface area contributed by atoms with Crippen molar-refractivity contribution in [2.45, 2.75) is 37.3 Å². The summed E-state index contributed by atoms with van der Waals surface area (Å²) in [5.41, 5.74) is 7.63. The van der Waals surface area contributed by atoms with E-state index >= 15 is 0 Å². The molecule has 0 bridgehead atoms. The van der Waals surface area contributed by atoms with Crippen molar-refractivity contribution in [3.8, 4) is 34.5 Å². The Morgan fingerprint density at radius 3 is 0.848 bits per heavy atom. The van der Waals surface area contributed by atoms with Crippen LogP contribution in [0, 0.1) is 0 Å². The third-order valence-corrected chi connectivity index (χ3v) is 12.3. The number of hydrogen-bond acceptors (Lipinski definition) is 10. The third-order valence-electron chi connectivity index (χ3n) is 12.3. The molecule has 0 spiro atoms. The first-order valence-electron chi connectivity index (χ1n) is 22.0. The van der Waals surface area contributed by atoms with Gasteiger partial charge in [-0.3, -0.25) is 9.80 Å². The zero-order chi connectivity index (χ0) is 46.4. The number of aliphatic hydroxyl groups is 2. The molecule has 0 aliphatic carbocycles. The summed E-state index contributed by atoms with van der Waals surface area (Å²) >= 11 is 0. The quantitative estimate of drug-likeness (QED) is 0.0684. The topological polar surface area (TPSA) is 102 Å². The van der Waals surface area contributed by atoms with Gasteiger partial charge in [-0.1, -0.05) is 146 Å². The van der Waals surface area contributed by atoms with E-state index in [0.29, 0.717) is 47.6 Å². The van der Waals surface area contributed by atoms with Crippen LogP contribution in [0.4, 0.5) is 0 Å². The first kappa shape index (κ1) is 47.2. The molecule has 0 aromatic heterocycles. The van der Waals surface area contributed by atoms with Gasteiger partial charge in [0.05, 0.1) is 91.2 Å². The number of rotatable bonds is 22. The van der Waals surface area contributed by atoms with Crippen molar-refractivity contribution < 1.29 is 38.6 Å². The normalized spacial score (nSPS) is 13.1. The molecule has 7 aromatic carbocycles. The number of ether oxygens (including phenoxy) is 6. The largest absolute Gasteiger partial charge is 0.496 e. The van der Waals surface area contributed by atoms with Gasteiger partial charge in [0.25, 0.3) is 0 Å². The molecule has 342 valence electrons. The molecule has 10 nitrogen and oxygen atoms in total. The van der Waals surface area contributed by atoms with Crippen LogP contribution in [-0.2, 0) is 13.1 Å². The lowest BCUT2D eigenvalue weighted by Crippen LogP contribution is -2.36. The molecule has 0 aliphatic rings. The van der Waals surface area contributed by atoms with E-state index in [-0.39, 0.29) is 25.3 Å². The SMILES string of the molecule is COc1cc(OC)c(CN([C@H](c2ccccc2)c2ccc([C@@H](c3ccccc3)N(Cc3c(OC)cc(OC)cc3OC)[C@@H](CO)c3ccccc3)cc2)[C@@H](CO)c2ccccc2)c(OC)c1. The van der Waals surface area contributed by atoms with Gasteiger partial charge in [-0.05, 0) is 33.4 Å². The molecule has 7 aromatic rings. The van der Waals surface area contributed by atoms with Gasteiger partial charge in [-0.25, -0.2) is 0 Å². The van der Waals surface area contributed by atoms with Crippen molar-refractivity contribution >= 4 is 0 Å². The van der Waals surface area contributed by atoms with Gasteiger partial charge in [-0.15, -0.1) is 0 Å². The van der Waals surface area contributed by atoms with E-state index in [1.165, 1.54) is 0 Å². The zero-order valence-corrected chi connectivity index (χ0v) is 38.5. The highest BCUT2D eigenvalue weighted by atomic mass is 16.5. The first-order chi connectivity index (χ1) is 32.4. The number of aliphatic hydroxyl groups excluding tert-OH is 2. The maximum atomic E-state index is 11.4. The summed E-state index contributed by atoms with van der Waals surface area (Å²) in [6.07, 6.45) is 0. The fourth-order valence-corrected chi connectivity index (χ4v) is 9.03. The van der Waals surface area contributed by atoms with E-state index in [1.54, 1.807) is 42.7 Å². The fraction of sp³-hybridized carbons (Fsp3) is 0.250. The van der Waals surface area contributed by atoms with Crippen molar-refractivity contribution in [1.29, 1.82) is 0 Å². The van der Waals surface area contributed by atoms with Crippen LogP contribution in [0.5, 0.6) is 34.5 Å². The highest BCUT2D eigenvalue weighted by Gasteiger charge is 2.35. The van der Waals surface area contributed by atoms with Gasteiger partial charge in [0.1, 0.15) is 34.5 Å². The van der Waals surface area contributed by atoms with E-state index in [2.05, 4.69) is 82.6 Å². The van der Waals surface area contributed by atoms with Crippen LogP contribution < -0.4 is 28.4 Å². The fourth-order valence-electron chi connectivity index (χ4n) is 9.03. The summed E-state index contributed by atoms with van der Waals surface area (Å²) < 4.78 is 35.2. The molecule has 4 atom stereocenters. The molecule has 10 heteroatoms. The number of hydrogen-bond donors (Lipinski definition) is 2. The third kappa shape index (κ3) is 10.5. The molecule has 7 rings (SSSR count). The standard InChI is InChI=1S/C56H60N2O8/c1-61-45-31-51(63-3)47(52(32-45)64-4)35-57(49(37-59)39-19-11-7-12-20-39)55(41-23-15-9-16-24-41)43-27-29-44(30-28-43)56(42-25-17-10-18-26-42)58(50(38-60)40-21-13-8-14-22-40)36-48-53(65-5)33-46(62-2)34-54(48)66-6/h7-34,49-50,55-56,59-60H,35-38H2,1-6H3/t49-,50-,55+,56+/m0/s1. The maximum Gasteiger partial charge on any atom is 0.130 e. The zero-order valence-electron chi connectivity index (χ0n) is 38.5. The van der Waals surface area contributed by atoms with Crippen LogP contribution in [0.1, 0.15) is 68.7 Å². The number of benzene rings is 7. The molecule has 2 N–H and O–H groups in total. The monoisotopic (exact) mass is 888 g/mol. The molecular weight excluding hydrogens is 829 g/mol. The Hall–Kier alpha value is -6.82. The molecule has 0 amide bonds. The molecule has 0 saturated heterocycles. The lowest BCUT2D eigenvalue weighted by Gasteiger charge is -2.40. The van der Waals surface area contributed by atoms with E-state index in [9.17, 15) is 10.2 Å². The van der Waals surface area contributed by atoms with E-state index in [0.717, 1.165) is 44.5 Å². The number of nitrogens with zero attached hydrogens (tertiary/aromatic N) is 2. The van der Waals surface area contributed by atoms with Gasteiger partial charge < -0.3 is 38.6 Å². The van der Waals surface area contributed by atoms with Crippen LogP contribution in [0.25, 0.3) is 0 Å². The average Bonchev–Trinajstić information content (AvgIpc) is 3.38. The summed E-state index contributed by atoms with van der Waals surface area (Å²) in [5.74, 6) is 3.65. The molecular formula is C56H60N2O8. The minimum Gasteiger partial charge on any atom is -0.496 e. The summed E-state index contributed by atoms with van der Waals surface area (Å²) in [4.78, 5) is 4.62. The summed E-state index contributed by atoms with van der Waals surface area (Å²) in [5, 5.41) is 22.9.